The molecule has 1 fully saturated rings. The van der Waals surface area contributed by atoms with Gasteiger partial charge in [-0.25, -0.2) is 0 Å². The molecule has 1 saturated heterocycles. The van der Waals surface area contributed by atoms with Gasteiger partial charge in [0.15, 0.2) is 5.76 Å². The van der Waals surface area contributed by atoms with Crippen LogP contribution in [0.3, 0.4) is 0 Å². The molecule has 7 heteroatoms. The van der Waals surface area contributed by atoms with E-state index >= 15 is 0 Å². The van der Waals surface area contributed by atoms with E-state index in [1.807, 2.05) is 19.9 Å². The van der Waals surface area contributed by atoms with Crippen LogP contribution in [0.5, 0.6) is 5.75 Å². The molecule has 0 atom stereocenters. The van der Waals surface area contributed by atoms with Crippen molar-refractivity contribution in [2.75, 3.05) is 13.1 Å². The highest BCUT2D eigenvalue weighted by Crippen LogP contribution is 2.23. The van der Waals surface area contributed by atoms with Gasteiger partial charge in [-0.2, -0.15) is 0 Å². The molecule has 1 amide bonds. The van der Waals surface area contributed by atoms with Gasteiger partial charge in [0.05, 0.1) is 4.92 Å². The number of carbonyl (C=O) groups is 1. The number of amides is 1. The van der Waals surface area contributed by atoms with Gasteiger partial charge in [-0.05, 0) is 32.0 Å². The van der Waals surface area contributed by atoms with E-state index < -0.39 is 4.92 Å². The number of ether oxygens (including phenoxy) is 1. The minimum atomic E-state index is -0.438. The van der Waals surface area contributed by atoms with Gasteiger partial charge in [0.25, 0.3) is 11.6 Å². The van der Waals surface area contributed by atoms with Crippen molar-refractivity contribution in [2.24, 2.45) is 0 Å². The third-order valence-corrected chi connectivity index (χ3v) is 4.31. The van der Waals surface area contributed by atoms with Crippen LogP contribution in [0.4, 0.5) is 5.69 Å². The van der Waals surface area contributed by atoms with E-state index in [9.17, 15) is 14.9 Å². The Morgan fingerprint density at radius 1 is 1.24 bits per heavy atom. The van der Waals surface area contributed by atoms with Crippen LogP contribution >= 0.6 is 0 Å². The van der Waals surface area contributed by atoms with Gasteiger partial charge in [-0.3, -0.25) is 14.9 Å². The van der Waals surface area contributed by atoms with Crippen molar-refractivity contribution in [1.82, 2.24) is 4.90 Å². The van der Waals surface area contributed by atoms with E-state index in [0.29, 0.717) is 37.4 Å². The first-order valence-corrected chi connectivity index (χ1v) is 8.21. The Labute approximate surface area is 145 Å². The Balaban J connectivity index is 1.55. The van der Waals surface area contributed by atoms with Crippen LogP contribution in [-0.4, -0.2) is 34.9 Å². The molecule has 2 heterocycles. The Kier molecular flexibility index (Phi) is 4.74. The van der Waals surface area contributed by atoms with Crippen molar-refractivity contribution in [2.45, 2.75) is 32.8 Å². The van der Waals surface area contributed by atoms with Crippen molar-refractivity contribution in [3.63, 3.8) is 0 Å². The first kappa shape index (κ1) is 17.0. The van der Waals surface area contributed by atoms with E-state index in [2.05, 4.69) is 0 Å². The van der Waals surface area contributed by atoms with Crippen molar-refractivity contribution >= 4 is 11.6 Å². The van der Waals surface area contributed by atoms with Gasteiger partial charge >= 0.3 is 0 Å². The van der Waals surface area contributed by atoms with Gasteiger partial charge in [0.1, 0.15) is 17.6 Å². The number of nitro groups is 1. The highest BCUT2D eigenvalue weighted by Gasteiger charge is 2.27. The standard InChI is InChI=1S/C18H20N2O5/c1-12-11-13(2)24-17(12)18(21)19-9-7-16(8-10-19)25-15-5-3-14(4-6-15)20(22)23/h3-6,11,16H,7-10H2,1-2H3. The van der Waals surface area contributed by atoms with Crippen LogP contribution in [0.15, 0.2) is 34.7 Å². The molecule has 1 aromatic carbocycles. The number of furan rings is 1. The highest BCUT2D eigenvalue weighted by atomic mass is 16.6. The van der Waals surface area contributed by atoms with E-state index in [0.717, 1.165) is 11.3 Å². The molecule has 0 saturated carbocycles. The molecule has 1 aromatic heterocycles. The fourth-order valence-electron chi connectivity index (χ4n) is 3.01. The summed E-state index contributed by atoms with van der Waals surface area (Å²) in [7, 11) is 0. The molecule has 3 rings (SSSR count). The van der Waals surface area contributed by atoms with E-state index in [4.69, 9.17) is 9.15 Å². The SMILES string of the molecule is Cc1cc(C)c(C(=O)N2CCC(Oc3ccc([N+](=O)[O-])cc3)CC2)o1. The molecule has 1 aliphatic rings. The third kappa shape index (κ3) is 3.81. The molecular formula is C18H20N2O5. The third-order valence-electron chi connectivity index (χ3n) is 4.31. The predicted octanol–water partition coefficient (Wildman–Crippen LogP) is 3.49. The number of benzene rings is 1. The lowest BCUT2D eigenvalue weighted by Gasteiger charge is -2.31. The fraction of sp³-hybridized carbons (Fsp3) is 0.389. The lowest BCUT2D eigenvalue weighted by molar-refractivity contribution is -0.384. The molecule has 0 bridgehead atoms. The molecule has 0 aliphatic carbocycles. The lowest BCUT2D eigenvalue weighted by atomic mass is 10.1. The van der Waals surface area contributed by atoms with Crippen molar-refractivity contribution in [3.8, 4) is 5.75 Å². The molecule has 132 valence electrons. The zero-order valence-corrected chi connectivity index (χ0v) is 14.2. The number of carbonyl (C=O) groups excluding carboxylic acids is 1. The molecular weight excluding hydrogens is 324 g/mol. The summed E-state index contributed by atoms with van der Waals surface area (Å²) in [6.07, 6.45) is 1.41. The van der Waals surface area contributed by atoms with Crippen molar-refractivity contribution in [3.05, 3.63) is 57.5 Å². The molecule has 0 spiro atoms. The number of hydrogen-bond donors (Lipinski definition) is 0. The first-order chi connectivity index (χ1) is 11.9. The fourth-order valence-corrected chi connectivity index (χ4v) is 3.01. The minimum absolute atomic E-state index is 0.00931. The van der Waals surface area contributed by atoms with Crippen LogP contribution < -0.4 is 4.74 Å². The Morgan fingerprint density at radius 3 is 2.40 bits per heavy atom. The average Bonchev–Trinajstić information content (AvgIpc) is 2.94. The quantitative estimate of drug-likeness (QED) is 0.626. The summed E-state index contributed by atoms with van der Waals surface area (Å²) in [5.41, 5.74) is 0.892. The second kappa shape index (κ2) is 6.96. The number of likely N-dealkylation sites (tertiary alicyclic amines) is 1. The zero-order valence-electron chi connectivity index (χ0n) is 14.2. The van der Waals surface area contributed by atoms with Crippen LogP contribution in [-0.2, 0) is 0 Å². The monoisotopic (exact) mass is 344 g/mol. The Morgan fingerprint density at radius 2 is 1.88 bits per heavy atom. The van der Waals surface area contributed by atoms with Crippen LogP contribution in [0, 0.1) is 24.0 Å². The molecule has 1 aliphatic heterocycles. The summed E-state index contributed by atoms with van der Waals surface area (Å²) in [5.74, 6) is 1.66. The molecule has 7 nitrogen and oxygen atoms in total. The van der Waals surface area contributed by atoms with Crippen molar-refractivity contribution in [1.29, 1.82) is 0 Å². The average molecular weight is 344 g/mol. The summed E-state index contributed by atoms with van der Waals surface area (Å²) < 4.78 is 11.4. The number of rotatable bonds is 4. The second-order valence-electron chi connectivity index (χ2n) is 6.23. The van der Waals surface area contributed by atoms with Gasteiger partial charge < -0.3 is 14.1 Å². The Hall–Kier alpha value is -2.83. The highest BCUT2D eigenvalue weighted by molar-refractivity contribution is 5.93. The smallest absolute Gasteiger partial charge is 0.289 e. The number of hydrogen-bond acceptors (Lipinski definition) is 5. The first-order valence-electron chi connectivity index (χ1n) is 8.21. The normalized spacial score (nSPS) is 15.2. The van der Waals surface area contributed by atoms with E-state index in [-0.39, 0.29) is 17.7 Å². The maximum atomic E-state index is 12.5. The van der Waals surface area contributed by atoms with Crippen molar-refractivity contribution < 1.29 is 18.9 Å². The zero-order chi connectivity index (χ0) is 18.0. The van der Waals surface area contributed by atoms with E-state index in [1.54, 1.807) is 17.0 Å². The maximum Gasteiger partial charge on any atom is 0.289 e. The topological polar surface area (TPSA) is 85.8 Å². The maximum absolute atomic E-state index is 12.5. The number of piperidine rings is 1. The predicted molar refractivity (Wildman–Crippen MR) is 90.8 cm³/mol. The summed E-state index contributed by atoms with van der Waals surface area (Å²) in [6.45, 7) is 4.88. The van der Waals surface area contributed by atoms with Gasteiger partial charge in [-0.1, -0.05) is 0 Å². The molecule has 0 N–H and O–H groups in total. The van der Waals surface area contributed by atoms with Gasteiger partial charge in [0.2, 0.25) is 0 Å². The summed E-state index contributed by atoms with van der Waals surface area (Å²) in [4.78, 5) is 24.5. The summed E-state index contributed by atoms with van der Waals surface area (Å²) in [5, 5.41) is 10.7. The summed E-state index contributed by atoms with van der Waals surface area (Å²) in [6, 6.07) is 7.92. The second-order valence-corrected chi connectivity index (χ2v) is 6.23. The van der Waals surface area contributed by atoms with Crippen LogP contribution in [0.2, 0.25) is 0 Å². The number of nitrogens with zero attached hydrogens (tertiary/aromatic N) is 2. The molecule has 0 unspecified atom stereocenters. The largest absolute Gasteiger partial charge is 0.490 e. The van der Waals surface area contributed by atoms with Crippen LogP contribution in [0.1, 0.15) is 34.7 Å². The van der Waals surface area contributed by atoms with E-state index in [1.165, 1.54) is 12.1 Å². The number of aryl methyl sites for hydroxylation is 2. The van der Waals surface area contributed by atoms with Gasteiger partial charge in [-0.15, -0.1) is 0 Å². The number of nitro benzene ring substituents is 1. The lowest BCUT2D eigenvalue weighted by Crippen LogP contribution is -2.41. The Bertz CT molecular complexity index is 773. The molecule has 2 aromatic rings. The minimum Gasteiger partial charge on any atom is -0.490 e. The van der Waals surface area contributed by atoms with Crippen LogP contribution in [0.25, 0.3) is 0 Å². The molecule has 25 heavy (non-hydrogen) atoms. The number of non-ortho nitro benzene ring substituents is 1. The summed E-state index contributed by atoms with van der Waals surface area (Å²) >= 11 is 0. The van der Waals surface area contributed by atoms with Gasteiger partial charge in [0, 0.05) is 43.6 Å². The molecule has 0 radical (unpaired) electrons.